The monoisotopic (exact) mass is 395 g/mol. The fourth-order valence-corrected chi connectivity index (χ4v) is 3.78. The van der Waals surface area contributed by atoms with Crippen LogP contribution >= 0.6 is 0 Å². The second-order valence-corrected chi connectivity index (χ2v) is 7.46. The normalized spacial score (nSPS) is 12.7. The molecule has 1 heterocycles. The second kappa shape index (κ2) is 7.93. The molecule has 2 aromatic carbocycles. The molecule has 0 saturated heterocycles. The van der Waals surface area contributed by atoms with Crippen molar-refractivity contribution in [3.05, 3.63) is 35.9 Å². The molecule has 0 aliphatic carbocycles. The summed E-state index contributed by atoms with van der Waals surface area (Å²) in [4.78, 5) is 0.122. The van der Waals surface area contributed by atoms with E-state index >= 15 is 0 Å². The van der Waals surface area contributed by atoms with Gasteiger partial charge in [-0.15, -0.1) is 0 Å². The van der Waals surface area contributed by atoms with E-state index in [1.54, 1.807) is 18.2 Å². The quantitative estimate of drug-likeness (QED) is 0.730. The van der Waals surface area contributed by atoms with Gasteiger partial charge in [0.2, 0.25) is 22.6 Å². The molecule has 0 amide bonds. The van der Waals surface area contributed by atoms with Crippen molar-refractivity contribution < 1.29 is 32.1 Å². The maximum absolute atomic E-state index is 12.5. The van der Waals surface area contributed by atoms with Crippen LogP contribution in [0.3, 0.4) is 0 Å². The lowest BCUT2D eigenvalue weighted by molar-refractivity contribution is 0.174. The molecule has 146 valence electrons. The predicted molar refractivity (Wildman–Crippen MR) is 97.6 cm³/mol. The van der Waals surface area contributed by atoms with Gasteiger partial charge in [0.05, 0.1) is 26.2 Å². The minimum Gasteiger partial charge on any atom is -0.493 e. The van der Waals surface area contributed by atoms with E-state index in [4.69, 9.17) is 23.7 Å². The molecule has 1 N–H and O–H groups in total. The summed E-state index contributed by atoms with van der Waals surface area (Å²) in [5.41, 5.74) is 0.845. The van der Waals surface area contributed by atoms with Crippen LogP contribution in [0.5, 0.6) is 28.7 Å². The summed E-state index contributed by atoms with van der Waals surface area (Å²) in [6.45, 7) is 0.294. The zero-order valence-electron chi connectivity index (χ0n) is 15.3. The highest BCUT2D eigenvalue weighted by Gasteiger charge is 2.20. The number of hydrogen-bond acceptors (Lipinski definition) is 7. The van der Waals surface area contributed by atoms with Gasteiger partial charge in [-0.05, 0) is 36.2 Å². The van der Waals surface area contributed by atoms with E-state index in [0.29, 0.717) is 35.2 Å². The fraction of sp³-hybridized carbons (Fsp3) is 0.333. The molecule has 3 rings (SSSR count). The van der Waals surface area contributed by atoms with E-state index < -0.39 is 10.0 Å². The van der Waals surface area contributed by atoms with Crippen LogP contribution in [0, 0.1) is 0 Å². The highest BCUT2D eigenvalue weighted by molar-refractivity contribution is 7.89. The molecule has 0 aromatic heterocycles. The predicted octanol–water partition coefficient (Wildman–Crippen LogP) is 1.96. The van der Waals surface area contributed by atoms with Gasteiger partial charge in [-0.25, -0.2) is 13.1 Å². The van der Waals surface area contributed by atoms with E-state index in [-0.39, 0.29) is 18.2 Å². The number of nitrogens with one attached hydrogen (secondary N) is 1. The van der Waals surface area contributed by atoms with Gasteiger partial charge in [-0.3, -0.25) is 0 Å². The highest BCUT2D eigenvalue weighted by Crippen LogP contribution is 2.38. The largest absolute Gasteiger partial charge is 0.493 e. The summed E-state index contributed by atoms with van der Waals surface area (Å²) in [6.07, 6.45) is 0.445. The molecule has 2 aromatic rings. The van der Waals surface area contributed by atoms with Gasteiger partial charge < -0.3 is 23.7 Å². The fourth-order valence-electron chi connectivity index (χ4n) is 2.74. The average molecular weight is 395 g/mol. The van der Waals surface area contributed by atoms with Crippen molar-refractivity contribution >= 4 is 10.0 Å². The van der Waals surface area contributed by atoms with Crippen LogP contribution in [0.25, 0.3) is 0 Å². The maximum Gasteiger partial charge on any atom is 0.240 e. The minimum atomic E-state index is -3.67. The van der Waals surface area contributed by atoms with Gasteiger partial charge in [0.15, 0.2) is 23.0 Å². The number of sulfonamides is 1. The van der Waals surface area contributed by atoms with Crippen molar-refractivity contribution in [2.24, 2.45) is 0 Å². The van der Waals surface area contributed by atoms with Crippen LogP contribution in [0.1, 0.15) is 5.56 Å². The van der Waals surface area contributed by atoms with Gasteiger partial charge in [0, 0.05) is 12.6 Å². The van der Waals surface area contributed by atoms with Gasteiger partial charge in [0.25, 0.3) is 0 Å². The van der Waals surface area contributed by atoms with Crippen molar-refractivity contribution in [3.63, 3.8) is 0 Å². The number of ether oxygens (including phenoxy) is 5. The first kappa shape index (κ1) is 19.1. The molecule has 9 heteroatoms. The Balaban J connectivity index is 1.70. The molecule has 0 spiro atoms. The molecule has 0 fully saturated rings. The zero-order chi connectivity index (χ0) is 19.4. The summed E-state index contributed by atoms with van der Waals surface area (Å²) < 4.78 is 53.9. The van der Waals surface area contributed by atoms with Crippen LogP contribution < -0.4 is 28.4 Å². The Morgan fingerprint density at radius 1 is 0.963 bits per heavy atom. The first-order valence-corrected chi connectivity index (χ1v) is 9.65. The van der Waals surface area contributed by atoms with Crippen molar-refractivity contribution in [1.82, 2.24) is 4.72 Å². The molecular formula is C18H21NO7S. The Kier molecular flexibility index (Phi) is 5.62. The van der Waals surface area contributed by atoms with Crippen molar-refractivity contribution in [1.29, 1.82) is 0 Å². The molecule has 0 atom stereocenters. The van der Waals surface area contributed by atoms with E-state index in [1.165, 1.54) is 33.5 Å². The summed E-state index contributed by atoms with van der Waals surface area (Å²) in [7, 11) is 0.921. The molecule has 0 radical (unpaired) electrons. The van der Waals surface area contributed by atoms with Gasteiger partial charge in [0.1, 0.15) is 0 Å². The Hall–Kier alpha value is -2.65. The maximum atomic E-state index is 12.5. The van der Waals surface area contributed by atoms with Gasteiger partial charge in [-0.1, -0.05) is 0 Å². The number of fused-ring (bicyclic) bond motifs is 1. The van der Waals surface area contributed by atoms with Crippen molar-refractivity contribution in [2.45, 2.75) is 11.3 Å². The Bertz CT molecular complexity index is 902. The third-order valence-electron chi connectivity index (χ3n) is 4.08. The first-order chi connectivity index (χ1) is 13.0. The summed E-state index contributed by atoms with van der Waals surface area (Å²) in [6, 6.07) is 8.09. The standard InChI is InChI=1S/C18H21NO7S/c1-22-16-8-12(9-17(23-2)18(16)24-3)6-7-19-27(20,21)13-4-5-14-15(10-13)26-11-25-14/h4-5,8-10,19H,6-7,11H2,1-3H3. The van der Waals surface area contributed by atoms with Crippen LogP contribution in [0.15, 0.2) is 35.2 Å². The smallest absolute Gasteiger partial charge is 0.240 e. The minimum absolute atomic E-state index is 0.0907. The van der Waals surface area contributed by atoms with Gasteiger partial charge >= 0.3 is 0 Å². The van der Waals surface area contributed by atoms with Crippen LogP contribution in [-0.2, 0) is 16.4 Å². The molecule has 27 heavy (non-hydrogen) atoms. The highest BCUT2D eigenvalue weighted by atomic mass is 32.2. The molecular weight excluding hydrogens is 374 g/mol. The van der Waals surface area contributed by atoms with Crippen LogP contribution in [-0.4, -0.2) is 43.1 Å². The third kappa shape index (κ3) is 4.04. The number of benzene rings is 2. The molecule has 0 bridgehead atoms. The van der Waals surface area contributed by atoms with E-state index in [0.717, 1.165) is 5.56 Å². The molecule has 8 nitrogen and oxygen atoms in total. The Morgan fingerprint density at radius 3 is 2.26 bits per heavy atom. The topological polar surface area (TPSA) is 92.3 Å². The molecule has 0 unspecified atom stereocenters. The summed E-state index contributed by atoms with van der Waals surface area (Å²) in [5, 5.41) is 0. The van der Waals surface area contributed by atoms with Crippen LogP contribution in [0.2, 0.25) is 0 Å². The van der Waals surface area contributed by atoms with E-state index in [1.807, 2.05) is 0 Å². The van der Waals surface area contributed by atoms with E-state index in [9.17, 15) is 8.42 Å². The lowest BCUT2D eigenvalue weighted by Gasteiger charge is -2.14. The SMILES string of the molecule is COc1cc(CCNS(=O)(=O)c2ccc3c(c2)OCO3)cc(OC)c1OC. The summed E-state index contributed by atoms with van der Waals surface area (Å²) >= 11 is 0. The third-order valence-corrected chi connectivity index (χ3v) is 5.54. The molecule has 1 aliphatic rings. The Labute approximate surface area is 158 Å². The van der Waals surface area contributed by atoms with E-state index in [2.05, 4.69) is 4.72 Å². The zero-order valence-corrected chi connectivity index (χ0v) is 16.1. The molecule has 0 saturated carbocycles. The van der Waals surface area contributed by atoms with Gasteiger partial charge in [-0.2, -0.15) is 0 Å². The number of methoxy groups -OCH3 is 3. The molecule has 1 aliphatic heterocycles. The number of rotatable bonds is 8. The lowest BCUT2D eigenvalue weighted by atomic mass is 10.1. The Morgan fingerprint density at radius 2 is 1.63 bits per heavy atom. The van der Waals surface area contributed by atoms with Crippen molar-refractivity contribution in [2.75, 3.05) is 34.7 Å². The average Bonchev–Trinajstić information content (AvgIpc) is 3.14. The lowest BCUT2D eigenvalue weighted by Crippen LogP contribution is -2.26. The number of hydrogen-bond donors (Lipinski definition) is 1. The second-order valence-electron chi connectivity index (χ2n) is 5.70. The summed E-state index contributed by atoms with van der Waals surface area (Å²) in [5.74, 6) is 2.48. The van der Waals surface area contributed by atoms with Crippen molar-refractivity contribution in [3.8, 4) is 28.7 Å². The van der Waals surface area contributed by atoms with Crippen LogP contribution in [0.4, 0.5) is 0 Å². The first-order valence-electron chi connectivity index (χ1n) is 8.16.